The predicted octanol–water partition coefficient (Wildman–Crippen LogP) is 5.34. The van der Waals surface area contributed by atoms with E-state index in [0.717, 1.165) is 22.0 Å². The monoisotopic (exact) mass is 508 g/mol. The lowest BCUT2D eigenvalue weighted by Crippen LogP contribution is -2.22. The van der Waals surface area contributed by atoms with Crippen LogP contribution in [0.2, 0.25) is 0 Å². The highest BCUT2D eigenvalue weighted by Gasteiger charge is 2.13. The van der Waals surface area contributed by atoms with Crippen LogP contribution < -0.4 is 10.1 Å². The van der Waals surface area contributed by atoms with Crippen LogP contribution in [0, 0.1) is 5.82 Å². The van der Waals surface area contributed by atoms with Crippen LogP contribution in [0.1, 0.15) is 42.3 Å². The first-order chi connectivity index (χ1) is 17.2. The molecule has 0 bridgehead atoms. The van der Waals surface area contributed by atoms with Gasteiger partial charge in [-0.25, -0.2) is 12.8 Å². The van der Waals surface area contributed by atoms with Crippen molar-refractivity contribution in [2.24, 2.45) is 0 Å². The molecule has 188 valence electrons. The molecule has 0 aliphatic heterocycles. The topological polar surface area (TPSA) is 77.4 Å². The maximum absolute atomic E-state index is 13.8. The van der Waals surface area contributed by atoms with E-state index in [2.05, 4.69) is 5.32 Å². The molecular formula is C28H29FN2O4S. The standard InChI is InChI=1S/C28H29FN2O4S/c1-4-36(33,34)25-10-5-20(6-11-25)17-30-28(32)22-8-12-26-21(15-22)13-14-31(26)18-23-7-9-24(29)16-27(23)35-19(2)3/h5-16,19H,4,17-18H2,1-3H3,(H,30,32). The van der Waals surface area contributed by atoms with Gasteiger partial charge in [-0.1, -0.05) is 25.1 Å². The lowest BCUT2D eigenvalue weighted by Gasteiger charge is -2.15. The largest absolute Gasteiger partial charge is 0.491 e. The van der Waals surface area contributed by atoms with Crippen LogP contribution in [-0.2, 0) is 22.9 Å². The fourth-order valence-corrected chi connectivity index (χ4v) is 4.84. The van der Waals surface area contributed by atoms with Crippen LogP contribution in [-0.4, -0.2) is 30.7 Å². The summed E-state index contributed by atoms with van der Waals surface area (Å²) < 4.78 is 45.5. The van der Waals surface area contributed by atoms with E-state index < -0.39 is 9.84 Å². The highest BCUT2D eigenvalue weighted by Crippen LogP contribution is 2.25. The molecule has 0 atom stereocenters. The quantitative estimate of drug-likeness (QED) is 0.331. The van der Waals surface area contributed by atoms with Gasteiger partial charge in [-0.2, -0.15) is 0 Å². The molecule has 36 heavy (non-hydrogen) atoms. The normalized spacial score (nSPS) is 11.7. The Morgan fingerprint density at radius 3 is 2.47 bits per heavy atom. The summed E-state index contributed by atoms with van der Waals surface area (Å²) in [7, 11) is -3.25. The van der Waals surface area contributed by atoms with Gasteiger partial charge in [0.05, 0.1) is 23.3 Å². The van der Waals surface area contributed by atoms with E-state index in [9.17, 15) is 17.6 Å². The van der Waals surface area contributed by atoms with Gasteiger partial charge in [-0.15, -0.1) is 0 Å². The minimum absolute atomic E-state index is 0.0457. The number of aromatic nitrogens is 1. The lowest BCUT2D eigenvalue weighted by molar-refractivity contribution is 0.0951. The Morgan fingerprint density at radius 1 is 1.03 bits per heavy atom. The number of carbonyl (C=O) groups is 1. The summed E-state index contributed by atoms with van der Waals surface area (Å²) in [5, 5.41) is 3.79. The number of carbonyl (C=O) groups excluding carboxylic acids is 1. The molecule has 6 nitrogen and oxygen atoms in total. The number of fused-ring (bicyclic) bond motifs is 1. The van der Waals surface area contributed by atoms with Crippen LogP contribution in [0.25, 0.3) is 10.9 Å². The fourth-order valence-electron chi connectivity index (χ4n) is 3.95. The Morgan fingerprint density at radius 2 is 1.78 bits per heavy atom. The molecule has 0 fully saturated rings. The zero-order valence-electron chi connectivity index (χ0n) is 20.5. The van der Waals surface area contributed by atoms with Crippen LogP contribution in [0.3, 0.4) is 0 Å². The third kappa shape index (κ3) is 5.76. The van der Waals surface area contributed by atoms with Crippen molar-refractivity contribution in [3.05, 3.63) is 95.4 Å². The maximum atomic E-state index is 13.8. The van der Waals surface area contributed by atoms with Gasteiger partial charge in [0.2, 0.25) is 0 Å². The van der Waals surface area contributed by atoms with Gasteiger partial charge in [0, 0.05) is 40.8 Å². The van der Waals surface area contributed by atoms with Gasteiger partial charge in [0.1, 0.15) is 11.6 Å². The fraction of sp³-hybridized carbons (Fsp3) is 0.250. The molecule has 0 unspecified atom stereocenters. The van der Waals surface area contributed by atoms with Crippen LogP contribution in [0.5, 0.6) is 5.75 Å². The average molecular weight is 509 g/mol. The zero-order valence-corrected chi connectivity index (χ0v) is 21.3. The predicted molar refractivity (Wildman–Crippen MR) is 139 cm³/mol. The summed E-state index contributed by atoms with van der Waals surface area (Å²) in [6.45, 7) is 6.20. The summed E-state index contributed by atoms with van der Waals surface area (Å²) in [4.78, 5) is 13.0. The van der Waals surface area contributed by atoms with Crippen molar-refractivity contribution in [1.29, 1.82) is 0 Å². The molecule has 8 heteroatoms. The van der Waals surface area contributed by atoms with Crippen molar-refractivity contribution in [3.8, 4) is 5.75 Å². The molecule has 1 N–H and O–H groups in total. The summed E-state index contributed by atoms with van der Waals surface area (Å²) in [6.07, 6.45) is 1.86. The molecule has 4 aromatic rings. The van der Waals surface area contributed by atoms with Gasteiger partial charge in [0.25, 0.3) is 5.91 Å². The second-order valence-electron chi connectivity index (χ2n) is 8.87. The molecule has 0 aliphatic carbocycles. The van der Waals surface area contributed by atoms with Crippen LogP contribution >= 0.6 is 0 Å². The number of halogens is 1. The van der Waals surface area contributed by atoms with Gasteiger partial charge in [0.15, 0.2) is 9.84 Å². The Labute approximate surface area is 210 Å². The molecule has 1 amide bonds. The van der Waals surface area contributed by atoms with Crippen LogP contribution in [0.15, 0.2) is 77.8 Å². The summed E-state index contributed by atoms with van der Waals surface area (Å²) in [6, 6.07) is 18.5. The van der Waals surface area contributed by atoms with Crippen molar-refractivity contribution < 1.29 is 22.3 Å². The Bertz CT molecular complexity index is 1490. The summed E-state index contributed by atoms with van der Waals surface area (Å²) in [5.41, 5.74) is 3.14. The third-order valence-electron chi connectivity index (χ3n) is 5.88. The Balaban J connectivity index is 1.46. The molecule has 0 spiro atoms. The van der Waals surface area contributed by atoms with Gasteiger partial charge in [-0.05, 0) is 61.9 Å². The first-order valence-corrected chi connectivity index (χ1v) is 13.5. The second-order valence-corrected chi connectivity index (χ2v) is 11.1. The number of sulfone groups is 1. The van der Waals surface area contributed by atoms with Crippen molar-refractivity contribution >= 4 is 26.6 Å². The number of ether oxygens (including phenoxy) is 1. The molecule has 1 aromatic heterocycles. The zero-order chi connectivity index (χ0) is 25.9. The molecular weight excluding hydrogens is 479 g/mol. The molecule has 4 rings (SSSR count). The smallest absolute Gasteiger partial charge is 0.251 e. The van der Waals surface area contributed by atoms with E-state index in [4.69, 9.17) is 4.74 Å². The Kier molecular flexibility index (Phi) is 7.45. The van der Waals surface area contributed by atoms with Gasteiger partial charge in [-0.3, -0.25) is 4.79 Å². The van der Waals surface area contributed by atoms with E-state index >= 15 is 0 Å². The SMILES string of the molecule is CCS(=O)(=O)c1ccc(CNC(=O)c2ccc3c(ccn3Cc3ccc(F)cc3OC(C)C)c2)cc1. The van der Waals surface area contributed by atoms with Crippen molar-refractivity contribution in [2.75, 3.05) is 5.75 Å². The number of amides is 1. The van der Waals surface area contributed by atoms with Crippen molar-refractivity contribution in [3.63, 3.8) is 0 Å². The second kappa shape index (κ2) is 10.5. The number of nitrogens with zero attached hydrogens (tertiary/aromatic N) is 1. The van der Waals surface area contributed by atoms with E-state index in [1.165, 1.54) is 12.1 Å². The minimum atomic E-state index is -3.25. The van der Waals surface area contributed by atoms with Crippen LogP contribution in [0.4, 0.5) is 4.39 Å². The Hall–Kier alpha value is -3.65. The molecule has 0 radical (unpaired) electrons. The number of nitrogens with one attached hydrogen (secondary N) is 1. The lowest BCUT2D eigenvalue weighted by atomic mass is 10.1. The van der Waals surface area contributed by atoms with E-state index in [1.807, 2.05) is 42.8 Å². The average Bonchev–Trinajstić information content (AvgIpc) is 3.26. The highest BCUT2D eigenvalue weighted by atomic mass is 32.2. The van der Waals surface area contributed by atoms with Gasteiger partial charge >= 0.3 is 0 Å². The molecule has 0 saturated heterocycles. The molecule has 3 aromatic carbocycles. The number of hydrogen-bond donors (Lipinski definition) is 1. The summed E-state index contributed by atoms with van der Waals surface area (Å²) in [5.74, 6) is -0.00190. The highest BCUT2D eigenvalue weighted by molar-refractivity contribution is 7.91. The van der Waals surface area contributed by atoms with Gasteiger partial charge < -0.3 is 14.6 Å². The summed E-state index contributed by atoms with van der Waals surface area (Å²) >= 11 is 0. The van der Waals surface area contributed by atoms with Crippen molar-refractivity contribution in [2.45, 2.75) is 44.9 Å². The third-order valence-corrected chi connectivity index (χ3v) is 7.63. The van der Waals surface area contributed by atoms with E-state index in [0.29, 0.717) is 17.9 Å². The first kappa shape index (κ1) is 25.4. The molecule has 1 heterocycles. The van der Waals surface area contributed by atoms with E-state index in [-0.39, 0.29) is 35.0 Å². The van der Waals surface area contributed by atoms with Crippen molar-refractivity contribution in [1.82, 2.24) is 9.88 Å². The molecule has 0 saturated carbocycles. The first-order valence-electron chi connectivity index (χ1n) is 11.8. The maximum Gasteiger partial charge on any atom is 0.251 e. The number of rotatable bonds is 9. The van der Waals surface area contributed by atoms with E-state index in [1.54, 1.807) is 43.3 Å². The number of hydrogen-bond acceptors (Lipinski definition) is 4. The molecule has 0 aliphatic rings. The minimum Gasteiger partial charge on any atom is -0.491 e. The number of benzene rings is 3.